The van der Waals surface area contributed by atoms with Crippen LogP contribution in [-0.4, -0.2) is 4.83 Å². The topological polar surface area (TPSA) is 47.6 Å². The molecule has 2 nitrogen and oxygen atoms in total. The Balaban J connectivity index is 3.21. The SMILES string of the molecule is N#CCCC(Br)CC#N. The van der Waals surface area contributed by atoms with E-state index in [9.17, 15) is 0 Å². The number of hydrogen-bond acceptors (Lipinski definition) is 2. The third kappa shape index (κ3) is 5.33. The zero-order valence-corrected chi connectivity index (χ0v) is 6.56. The first-order chi connectivity index (χ1) is 4.31. The summed E-state index contributed by atoms with van der Waals surface area (Å²) in [5.41, 5.74) is 0. The molecular weight excluding hydrogens is 180 g/mol. The Morgan fingerprint density at radius 3 is 2.44 bits per heavy atom. The molecule has 0 N–H and O–H groups in total. The van der Waals surface area contributed by atoms with Crippen LogP contribution >= 0.6 is 15.9 Å². The van der Waals surface area contributed by atoms with Crippen LogP contribution in [0.4, 0.5) is 0 Å². The fourth-order valence-corrected chi connectivity index (χ4v) is 0.796. The van der Waals surface area contributed by atoms with Crippen LogP contribution in [-0.2, 0) is 0 Å². The lowest BCUT2D eigenvalue weighted by atomic mass is 10.2. The Hall–Kier alpha value is -0.540. The molecule has 0 saturated carbocycles. The van der Waals surface area contributed by atoms with Crippen molar-refractivity contribution < 1.29 is 0 Å². The number of nitriles is 2. The molecule has 0 aromatic heterocycles. The summed E-state index contributed by atoms with van der Waals surface area (Å²) < 4.78 is 0. The number of nitrogens with zero attached hydrogens (tertiary/aromatic N) is 2. The van der Waals surface area contributed by atoms with E-state index in [-0.39, 0.29) is 4.83 Å². The van der Waals surface area contributed by atoms with Gasteiger partial charge in [-0.2, -0.15) is 10.5 Å². The van der Waals surface area contributed by atoms with Gasteiger partial charge in [-0.3, -0.25) is 0 Å². The zero-order chi connectivity index (χ0) is 7.11. The summed E-state index contributed by atoms with van der Waals surface area (Å²) in [6.45, 7) is 0. The standard InChI is InChI=1S/C6H7BrN2/c7-6(3-5-9)2-1-4-8/h6H,1-3H2. The van der Waals surface area contributed by atoms with Gasteiger partial charge in [-0.15, -0.1) is 0 Å². The van der Waals surface area contributed by atoms with Crippen molar-refractivity contribution in [3.63, 3.8) is 0 Å². The van der Waals surface area contributed by atoms with E-state index in [0.29, 0.717) is 12.8 Å². The Bertz CT molecular complexity index is 142. The smallest absolute Gasteiger partial charge is 0.0633 e. The Morgan fingerprint density at radius 2 is 2.00 bits per heavy atom. The molecule has 0 aliphatic carbocycles. The molecule has 1 unspecified atom stereocenters. The Kier molecular flexibility index (Phi) is 5.26. The molecule has 48 valence electrons. The Morgan fingerprint density at radius 1 is 1.33 bits per heavy atom. The lowest BCUT2D eigenvalue weighted by Gasteiger charge is -1.97. The zero-order valence-electron chi connectivity index (χ0n) is 4.97. The molecule has 0 aromatic carbocycles. The van der Waals surface area contributed by atoms with Gasteiger partial charge in [0.25, 0.3) is 0 Å². The predicted molar refractivity (Wildman–Crippen MR) is 37.8 cm³/mol. The third-order valence-corrected chi connectivity index (χ3v) is 1.66. The molecule has 0 fully saturated rings. The molecular formula is C6H7BrN2. The largest absolute Gasteiger partial charge is 0.198 e. The minimum atomic E-state index is 0.196. The first kappa shape index (κ1) is 8.46. The maximum Gasteiger partial charge on any atom is 0.0633 e. The van der Waals surface area contributed by atoms with Gasteiger partial charge in [0.15, 0.2) is 0 Å². The summed E-state index contributed by atoms with van der Waals surface area (Å²) in [6.07, 6.45) is 1.78. The number of rotatable bonds is 3. The maximum atomic E-state index is 8.17. The van der Waals surface area contributed by atoms with Crippen LogP contribution in [0, 0.1) is 22.7 Å². The highest BCUT2D eigenvalue weighted by atomic mass is 79.9. The summed E-state index contributed by atoms with van der Waals surface area (Å²) in [5.74, 6) is 0. The minimum Gasteiger partial charge on any atom is -0.198 e. The highest BCUT2D eigenvalue weighted by molar-refractivity contribution is 9.09. The highest BCUT2D eigenvalue weighted by Crippen LogP contribution is 2.10. The maximum absolute atomic E-state index is 8.17. The molecule has 9 heavy (non-hydrogen) atoms. The molecule has 0 saturated heterocycles. The number of alkyl halides is 1. The van der Waals surface area contributed by atoms with Gasteiger partial charge in [0.1, 0.15) is 0 Å². The van der Waals surface area contributed by atoms with Gasteiger partial charge < -0.3 is 0 Å². The predicted octanol–water partition coefficient (Wildman–Crippen LogP) is 1.97. The van der Waals surface area contributed by atoms with E-state index >= 15 is 0 Å². The summed E-state index contributed by atoms with van der Waals surface area (Å²) in [5, 5.41) is 16.3. The number of hydrogen-bond donors (Lipinski definition) is 0. The average molecular weight is 187 g/mol. The minimum absolute atomic E-state index is 0.196. The molecule has 1 atom stereocenters. The van der Waals surface area contributed by atoms with Crippen LogP contribution < -0.4 is 0 Å². The first-order valence-electron chi connectivity index (χ1n) is 2.69. The summed E-state index contributed by atoms with van der Waals surface area (Å²) in [4.78, 5) is 0.196. The van der Waals surface area contributed by atoms with E-state index in [4.69, 9.17) is 10.5 Å². The summed E-state index contributed by atoms with van der Waals surface area (Å²) >= 11 is 3.27. The van der Waals surface area contributed by atoms with Gasteiger partial charge in [0, 0.05) is 17.7 Å². The fraction of sp³-hybridized carbons (Fsp3) is 0.667. The molecule has 0 aliphatic heterocycles. The van der Waals surface area contributed by atoms with Gasteiger partial charge in [-0.05, 0) is 6.42 Å². The second-order valence-corrected chi connectivity index (χ2v) is 2.95. The van der Waals surface area contributed by atoms with Crippen LogP contribution in [0.5, 0.6) is 0 Å². The van der Waals surface area contributed by atoms with Gasteiger partial charge in [-0.1, -0.05) is 15.9 Å². The van der Waals surface area contributed by atoms with Crippen molar-refractivity contribution >= 4 is 15.9 Å². The normalized spacial score (nSPS) is 11.4. The van der Waals surface area contributed by atoms with E-state index in [1.165, 1.54) is 0 Å². The molecule has 0 spiro atoms. The molecule has 0 rings (SSSR count). The van der Waals surface area contributed by atoms with Gasteiger partial charge in [0.2, 0.25) is 0 Å². The summed E-state index contributed by atoms with van der Waals surface area (Å²) in [7, 11) is 0. The average Bonchev–Trinajstić information content (AvgIpc) is 1.85. The van der Waals surface area contributed by atoms with Crippen molar-refractivity contribution in [1.82, 2.24) is 0 Å². The van der Waals surface area contributed by atoms with Gasteiger partial charge >= 0.3 is 0 Å². The van der Waals surface area contributed by atoms with Crippen LogP contribution in [0.3, 0.4) is 0 Å². The van der Waals surface area contributed by atoms with Crippen LogP contribution in [0.2, 0.25) is 0 Å². The van der Waals surface area contributed by atoms with Crippen LogP contribution in [0.1, 0.15) is 19.3 Å². The van der Waals surface area contributed by atoms with Gasteiger partial charge in [-0.25, -0.2) is 0 Å². The molecule has 0 amide bonds. The van der Waals surface area contributed by atoms with Crippen molar-refractivity contribution in [2.45, 2.75) is 24.1 Å². The van der Waals surface area contributed by atoms with E-state index in [0.717, 1.165) is 6.42 Å². The third-order valence-electron chi connectivity index (χ3n) is 0.882. The van der Waals surface area contributed by atoms with E-state index in [1.54, 1.807) is 0 Å². The lowest BCUT2D eigenvalue weighted by Crippen LogP contribution is -1.93. The van der Waals surface area contributed by atoms with Crippen molar-refractivity contribution in [1.29, 1.82) is 10.5 Å². The second-order valence-electron chi connectivity index (χ2n) is 1.66. The van der Waals surface area contributed by atoms with Gasteiger partial charge in [0.05, 0.1) is 12.1 Å². The quantitative estimate of drug-likeness (QED) is 0.634. The van der Waals surface area contributed by atoms with E-state index in [2.05, 4.69) is 15.9 Å². The highest BCUT2D eigenvalue weighted by Gasteiger charge is 2.00. The second kappa shape index (κ2) is 5.59. The van der Waals surface area contributed by atoms with Crippen molar-refractivity contribution in [3.8, 4) is 12.1 Å². The molecule has 0 heterocycles. The molecule has 0 aliphatic rings. The van der Waals surface area contributed by atoms with E-state index < -0.39 is 0 Å². The van der Waals surface area contributed by atoms with Crippen molar-refractivity contribution in [2.75, 3.05) is 0 Å². The van der Waals surface area contributed by atoms with Crippen LogP contribution in [0.15, 0.2) is 0 Å². The van der Waals surface area contributed by atoms with Crippen molar-refractivity contribution in [2.24, 2.45) is 0 Å². The Labute approximate surface area is 63.2 Å². The first-order valence-corrected chi connectivity index (χ1v) is 3.60. The molecule has 0 bridgehead atoms. The van der Waals surface area contributed by atoms with E-state index in [1.807, 2.05) is 12.1 Å². The van der Waals surface area contributed by atoms with Crippen LogP contribution in [0.25, 0.3) is 0 Å². The fourth-order valence-electron chi connectivity index (χ4n) is 0.422. The van der Waals surface area contributed by atoms with Crippen molar-refractivity contribution in [3.05, 3.63) is 0 Å². The molecule has 0 radical (unpaired) electrons. The number of halogens is 1. The molecule has 0 aromatic rings. The monoisotopic (exact) mass is 186 g/mol. The summed E-state index contributed by atoms with van der Waals surface area (Å²) in [6, 6.07) is 4.04. The molecule has 3 heteroatoms. The lowest BCUT2D eigenvalue weighted by molar-refractivity contribution is 0.804.